The third-order valence-electron chi connectivity index (χ3n) is 3.79. The van der Waals surface area contributed by atoms with Crippen molar-refractivity contribution >= 4 is 10.0 Å². The molecule has 1 aromatic carbocycles. The molecular weight excluding hydrogens is 260 g/mol. The van der Waals surface area contributed by atoms with Crippen LogP contribution in [0.3, 0.4) is 0 Å². The zero-order valence-electron chi connectivity index (χ0n) is 11.6. The van der Waals surface area contributed by atoms with Gasteiger partial charge >= 0.3 is 0 Å². The van der Waals surface area contributed by atoms with E-state index in [-0.39, 0.29) is 0 Å². The van der Waals surface area contributed by atoms with Gasteiger partial charge in [0.05, 0.1) is 4.90 Å². The number of piperidine rings is 1. The zero-order chi connectivity index (χ0) is 14.0. The monoisotopic (exact) mass is 282 g/mol. The van der Waals surface area contributed by atoms with E-state index in [1.807, 2.05) is 19.9 Å². The minimum Gasteiger partial charge on any atom is -0.326 e. The third-order valence-corrected chi connectivity index (χ3v) is 5.83. The van der Waals surface area contributed by atoms with Crippen molar-refractivity contribution in [3.8, 4) is 0 Å². The average Bonchev–Trinajstić information content (AvgIpc) is 2.39. The number of hydrogen-bond acceptors (Lipinski definition) is 3. The highest BCUT2D eigenvalue weighted by Crippen LogP contribution is 2.25. The largest absolute Gasteiger partial charge is 0.326 e. The van der Waals surface area contributed by atoms with Crippen molar-refractivity contribution in [1.82, 2.24) is 4.31 Å². The quantitative estimate of drug-likeness (QED) is 0.921. The fraction of sp³-hybridized carbons (Fsp3) is 0.571. The van der Waals surface area contributed by atoms with Crippen LogP contribution in [0.15, 0.2) is 17.0 Å². The number of sulfonamides is 1. The minimum atomic E-state index is -3.36. The molecule has 0 aromatic heterocycles. The molecule has 0 atom stereocenters. The molecule has 0 radical (unpaired) electrons. The molecule has 2 N–H and O–H groups in total. The highest BCUT2D eigenvalue weighted by Gasteiger charge is 2.27. The number of nitrogens with zero attached hydrogens (tertiary/aromatic N) is 1. The molecule has 2 rings (SSSR count). The van der Waals surface area contributed by atoms with E-state index in [0.29, 0.717) is 24.5 Å². The number of benzene rings is 1. The lowest BCUT2D eigenvalue weighted by atomic mass is 10.1. The van der Waals surface area contributed by atoms with Crippen LogP contribution < -0.4 is 5.73 Å². The van der Waals surface area contributed by atoms with Crippen molar-refractivity contribution in [2.75, 3.05) is 13.1 Å². The van der Waals surface area contributed by atoms with Crippen LogP contribution in [0, 0.1) is 13.8 Å². The number of nitrogens with two attached hydrogens (primary N) is 1. The first kappa shape index (κ1) is 14.5. The van der Waals surface area contributed by atoms with E-state index in [1.165, 1.54) is 0 Å². The molecule has 1 aliphatic rings. The molecule has 0 unspecified atom stereocenters. The van der Waals surface area contributed by atoms with Crippen molar-refractivity contribution in [2.24, 2.45) is 5.73 Å². The molecule has 5 heteroatoms. The van der Waals surface area contributed by atoms with Gasteiger partial charge in [0.15, 0.2) is 0 Å². The molecule has 0 spiro atoms. The summed E-state index contributed by atoms with van der Waals surface area (Å²) in [4.78, 5) is 0.417. The highest BCUT2D eigenvalue weighted by molar-refractivity contribution is 7.89. The molecule has 106 valence electrons. The minimum absolute atomic E-state index is 0.370. The molecule has 1 aromatic rings. The first-order chi connectivity index (χ1) is 8.96. The molecule has 1 aliphatic heterocycles. The van der Waals surface area contributed by atoms with Crippen molar-refractivity contribution in [2.45, 2.75) is 44.6 Å². The van der Waals surface area contributed by atoms with Gasteiger partial charge in [0.25, 0.3) is 0 Å². The van der Waals surface area contributed by atoms with Gasteiger partial charge < -0.3 is 5.73 Å². The number of aryl methyl sites for hydroxylation is 2. The van der Waals surface area contributed by atoms with Crippen LogP contribution in [0.1, 0.15) is 36.0 Å². The zero-order valence-corrected chi connectivity index (χ0v) is 12.5. The summed E-state index contributed by atoms with van der Waals surface area (Å²) in [6.07, 6.45) is 3.02. The maximum Gasteiger partial charge on any atom is 0.243 e. The molecule has 0 saturated carbocycles. The summed E-state index contributed by atoms with van der Waals surface area (Å²) in [6.45, 7) is 5.45. The van der Waals surface area contributed by atoms with E-state index in [2.05, 4.69) is 0 Å². The van der Waals surface area contributed by atoms with E-state index >= 15 is 0 Å². The Balaban J connectivity index is 2.44. The summed E-state index contributed by atoms with van der Waals surface area (Å²) in [5, 5.41) is 0. The van der Waals surface area contributed by atoms with Crippen molar-refractivity contribution < 1.29 is 8.42 Å². The predicted molar refractivity (Wildman–Crippen MR) is 76.4 cm³/mol. The Morgan fingerprint density at radius 2 is 1.74 bits per heavy atom. The topological polar surface area (TPSA) is 63.4 Å². The summed E-state index contributed by atoms with van der Waals surface area (Å²) >= 11 is 0. The fourth-order valence-corrected chi connectivity index (χ4v) is 4.39. The second-order valence-corrected chi connectivity index (χ2v) is 7.12. The lowest BCUT2D eigenvalue weighted by Gasteiger charge is -2.27. The molecule has 0 bridgehead atoms. The number of rotatable bonds is 3. The lowest BCUT2D eigenvalue weighted by Crippen LogP contribution is -2.36. The van der Waals surface area contributed by atoms with Gasteiger partial charge in [-0.2, -0.15) is 4.31 Å². The van der Waals surface area contributed by atoms with Crippen LogP contribution in [0.25, 0.3) is 0 Å². The van der Waals surface area contributed by atoms with Crippen molar-refractivity contribution in [3.05, 3.63) is 28.8 Å². The van der Waals surface area contributed by atoms with Crippen LogP contribution in [0.2, 0.25) is 0 Å². The fourth-order valence-electron chi connectivity index (χ4n) is 2.62. The summed E-state index contributed by atoms with van der Waals surface area (Å²) in [5.41, 5.74) is 8.45. The molecular formula is C14H22N2O2S. The van der Waals surface area contributed by atoms with Gasteiger partial charge in [-0.15, -0.1) is 0 Å². The molecule has 0 amide bonds. The Kier molecular flexibility index (Phi) is 4.28. The van der Waals surface area contributed by atoms with Crippen molar-refractivity contribution in [3.63, 3.8) is 0 Å². The van der Waals surface area contributed by atoms with E-state index in [4.69, 9.17) is 5.73 Å². The Labute approximate surface area is 115 Å². The van der Waals surface area contributed by atoms with E-state index in [9.17, 15) is 8.42 Å². The first-order valence-corrected chi connectivity index (χ1v) is 8.21. The normalized spacial score (nSPS) is 17.6. The van der Waals surface area contributed by atoms with Gasteiger partial charge in [-0.1, -0.05) is 12.5 Å². The molecule has 4 nitrogen and oxygen atoms in total. The van der Waals surface area contributed by atoms with E-state index < -0.39 is 10.0 Å². The second-order valence-electron chi connectivity index (χ2n) is 5.21. The molecule has 1 heterocycles. The predicted octanol–water partition coefficient (Wildman–Crippen LogP) is 1.94. The molecule has 1 saturated heterocycles. The summed E-state index contributed by atoms with van der Waals surface area (Å²) < 4.78 is 27.0. The van der Waals surface area contributed by atoms with Gasteiger partial charge in [0, 0.05) is 19.6 Å². The molecule has 1 fully saturated rings. The Morgan fingerprint density at radius 3 is 2.32 bits per heavy atom. The van der Waals surface area contributed by atoms with Crippen LogP contribution in [0.4, 0.5) is 0 Å². The summed E-state index contributed by atoms with van der Waals surface area (Å²) in [7, 11) is -3.36. The standard InChI is InChI=1S/C14H22N2O2S/c1-11-8-12(2)14(9-13(11)10-15)19(17,18)16-6-4-3-5-7-16/h8-9H,3-7,10,15H2,1-2H3. The summed E-state index contributed by atoms with van der Waals surface area (Å²) in [6, 6.07) is 3.66. The smallest absolute Gasteiger partial charge is 0.243 e. The Morgan fingerprint density at radius 1 is 1.11 bits per heavy atom. The van der Waals surface area contributed by atoms with Crippen LogP contribution in [-0.4, -0.2) is 25.8 Å². The highest BCUT2D eigenvalue weighted by atomic mass is 32.2. The van der Waals surface area contributed by atoms with E-state index in [0.717, 1.165) is 36.0 Å². The van der Waals surface area contributed by atoms with E-state index in [1.54, 1.807) is 10.4 Å². The first-order valence-electron chi connectivity index (χ1n) is 6.77. The maximum atomic E-state index is 12.7. The maximum absolute atomic E-state index is 12.7. The molecule has 19 heavy (non-hydrogen) atoms. The van der Waals surface area contributed by atoms with Gasteiger partial charge in [-0.25, -0.2) is 8.42 Å². The van der Waals surface area contributed by atoms with Gasteiger partial charge in [0.2, 0.25) is 10.0 Å². The second kappa shape index (κ2) is 5.61. The van der Waals surface area contributed by atoms with Gasteiger partial charge in [-0.05, 0) is 49.4 Å². The van der Waals surface area contributed by atoms with Gasteiger partial charge in [-0.3, -0.25) is 0 Å². The van der Waals surface area contributed by atoms with Crippen LogP contribution in [0.5, 0.6) is 0 Å². The SMILES string of the molecule is Cc1cc(C)c(S(=O)(=O)N2CCCCC2)cc1CN. The van der Waals surface area contributed by atoms with Crippen molar-refractivity contribution in [1.29, 1.82) is 0 Å². The third kappa shape index (κ3) is 2.83. The van der Waals surface area contributed by atoms with Crippen LogP contribution in [-0.2, 0) is 16.6 Å². The lowest BCUT2D eigenvalue weighted by molar-refractivity contribution is 0.346. The summed E-state index contributed by atoms with van der Waals surface area (Å²) in [5.74, 6) is 0. The average molecular weight is 282 g/mol. The Bertz CT molecular complexity index is 561. The van der Waals surface area contributed by atoms with Gasteiger partial charge in [0.1, 0.15) is 0 Å². The molecule has 0 aliphatic carbocycles. The number of hydrogen-bond donors (Lipinski definition) is 1. The Hall–Kier alpha value is -0.910. The van der Waals surface area contributed by atoms with Crippen LogP contribution >= 0.6 is 0 Å².